The lowest BCUT2D eigenvalue weighted by atomic mass is 10.0. The van der Waals surface area contributed by atoms with Crippen molar-refractivity contribution in [3.05, 3.63) is 0 Å². The Morgan fingerprint density at radius 2 is 2.27 bits per heavy atom. The zero-order valence-corrected chi connectivity index (χ0v) is 7.00. The molecule has 1 rings (SSSR count). The molecule has 0 unspecified atom stereocenters. The summed E-state index contributed by atoms with van der Waals surface area (Å²) in [5.41, 5.74) is -0.569. The molecule has 0 spiro atoms. The van der Waals surface area contributed by atoms with Gasteiger partial charge >= 0.3 is 6.09 Å². The average molecular weight is 159 g/mol. The van der Waals surface area contributed by atoms with E-state index in [1.54, 1.807) is 20.9 Å². The van der Waals surface area contributed by atoms with E-state index in [0.29, 0.717) is 0 Å². The van der Waals surface area contributed by atoms with Crippen LogP contribution in [0.25, 0.3) is 0 Å². The number of carbonyl (C=O) groups excluding carboxylic acids is 1. The number of rotatable bonds is 1. The van der Waals surface area contributed by atoms with Gasteiger partial charge in [-0.15, -0.1) is 0 Å². The minimum atomic E-state index is -0.569. The Labute approximate surface area is 65.8 Å². The largest absolute Gasteiger partial charge is 0.441 e. The first-order chi connectivity index (χ1) is 4.99. The molecule has 1 N–H and O–H groups in total. The Kier molecular flexibility index (Phi) is 1.80. The molecule has 0 aromatic heterocycles. The van der Waals surface area contributed by atoms with Gasteiger partial charge in [0.05, 0.1) is 12.6 Å². The summed E-state index contributed by atoms with van der Waals surface area (Å²) in [6, 6.07) is -0.227. The standard InChI is InChI=1S/C7H13NO3/c1-7(2)5(4-9)8(3)6(10)11-7/h5,9H,4H2,1-3H3/t5-/m1/s1. The highest BCUT2D eigenvalue weighted by Gasteiger charge is 2.45. The van der Waals surface area contributed by atoms with Gasteiger partial charge in [0.15, 0.2) is 0 Å². The number of hydrogen-bond acceptors (Lipinski definition) is 3. The van der Waals surface area contributed by atoms with Crippen molar-refractivity contribution in [2.45, 2.75) is 25.5 Å². The molecule has 4 nitrogen and oxygen atoms in total. The lowest BCUT2D eigenvalue weighted by Crippen LogP contribution is -2.42. The van der Waals surface area contributed by atoms with Crippen LogP contribution in [0.3, 0.4) is 0 Å². The summed E-state index contributed by atoms with van der Waals surface area (Å²) in [5, 5.41) is 8.92. The SMILES string of the molecule is CN1C(=O)OC(C)(C)[C@H]1CO. The van der Waals surface area contributed by atoms with Gasteiger partial charge in [0.1, 0.15) is 5.60 Å². The zero-order valence-electron chi connectivity index (χ0n) is 7.00. The topological polar surface area (TPSA) is 49.8 Å². The highest BCUT2D eigenvalue weighted by molar-refractivity contribution is 5.71. The molecule has 1 amide bonds. The van der Waals surface area contributed by atoms with E-state index in [4.69, 9.17) is 9.84 Å². The molecule has 1 atom stereocenters. The Hall–Kier alpha value is -0.770. The summed E-state index contributed by atoms with van der Waals surface area (Å²) >= 11 is 0. The minimum absolute atomic E-state index is 0.0603. The van der Waals surface area contributed by atoms with E-state index in [9.17, 15) is 4.79 Å². The molecular weight excluding hydrogens is 146 g/mol. The lowest BCUT2D eigenvalue weighted by Gasteiger charge is -2.24. The van der Waals surface area contributed by atoms with Crippen molar-refractivity contribution in [2.75, 3.05) is 13.7 Å². The van der Waals surface area contributed by atoms with Crippen LogP contribution in [0.2, 0.25) is 0 Å². The van der Waals surface area contributed by atoms with Crippen LogP contribution in [0.5, 0.6) is 0 Å². The zero-order chi connectivity index (χ0) is 8.65. The normalized spacial score (nSPS) is 28.9. The summed E-state index contributed by atoms with van der Waals surface area (Å²) in [4.78, 5) is 12.4. The number of aliphatic hydroxyl groups is 1. The average Bonchev–Trinajstić information content (AvgIpc) is 2.03. The van der Waals surface area contributed by atoms with E-state index < -0.39 is 5.60 Å². The second kappa shape index (κ2) is 2.37. The number of carbonyl (C=O) groups is 1. The summed E-state index contributed by atoms with van der Waals surface area (Å²) in [7, 11) is 1.62. The molecule has 0 radical (unpaired) electrons. The van der Waals surface area contributed by atoms with Crippen molar-refractivity contribution in [3.63, 3.8) is 0 Å². The van der Waals surface area contributed by atoms with Gasteiger partial charge in [0.25, 0.3) is 0 Å². The molecule has 1 fully saturated rings. The Morgan fingerprint density at radius 1 is 1.73 bits per heavy atom. The predicted molar refractivity (Wildman–Crippen MR) is 39.2 cm³/mol. The monoisotopic (exact) mass is 159 g/mol. The van der Waals surface area contributed by atoms with Gasteiger partial charge in [-0.05, 0) is 13.8 Å². The summed E-state index contributed by atoms with van der Waals surface area (Å²) in [6.45, 7) is 3.51. The highest BCUT2D eigenvalue weighted by atomic mass is 16.6. The molecule has 0 aliphatic carbocycles. The van der Waals surface area contributed by atoms with Crippen molar-refractivity contribution in [1.29, 1.82) is 0 Å². The fourth-order valence-electron chi connectivity index (χ4n) is 1.30. The first kappa shape index (κ1) is 8.33. The van der Waals surface area contributed by atoms with Gasteiger partial charge in [-0.25, -0.2) is 4.79 Å². The van der Waals surface area contributed by atoms with E-state index in [0.717, 1.165) is 0 Å². The number of hydrogen-bond donors (Lipinski definition) is 1. The maximum absolute atomic E-state index is 11.0. The molecule has 11 heavy (non-hydrogen) atoms. The number of cyclic esters (lactones) is 1. The van der Waals surface area contributed by atoms with Gasteiger partial charge in [0.2, 0.25) is 0 Å². The molecule has 0 aromatic carbocycles. The van der Waals surface area contributed by atoms with Crippen LogP contribution in [0.15, 0.2) is 0 Å². The van der Waals surface area contributed by atoms with Gasteiger partial charge in [0, 0.05) is 7.05 Å². The third-order valence-corrected chi connectivity index (χ3v) is 2.08. The summed E-state index contributed by atoms with van der Waals surface area (Å²) < 4.78 is 4.99. The van der Waals surface area contributed by atoms with Crippen molar-refractivity contribution in [1.82, 2.24) is 4.90 Å². The first-order valence-corrected chi connectivity index (χ1v) is 3.55. The fourth-order valence-corrected chi connectivity index (χ4v) is 1.30. The number of nitrogens with zero attached hydrogens (tertiary/aromatic N) is 1. The third kappa shape index (κ3) is 1.18. The molecule has 0 bridgehead atoms. The van der Waals surface area contributed by atoms with Crippen molar-refractivity contribution in [2.24, 2.45) is 0 Å². The first-order valence-electron chi connectivity index (χ1n) is 3.55. The van der Waals surface area contributed by atoms with E-state index in [2.05, 4.69) is 0 Å². The van der Waals surface area contributed by atoms with Crippen LogP contribution in [-0.4, -0.2) is 41.4 Å². The highest BCUT2D eigenvalue weighted by Crippen LogP contribution is 2.27. The van der Waals surface area contributed by atoms with Crippen molar-refractivity contribution >= 4 is 6.09 Å². The quantitative estimate of drug-likeness (QED) is 0.595. The van der Waals surface area contributed by atoms with Crippen LogP contribution in [0.4, 0.5) is 4.79 Å². The molecule has 1 saturated heterocycles. The lowest BCUT2D eigenvalue weighted by molar-refractivity contribution is 0.0498. The maximum atomic E-state index is 11.0. The molecule has 1 aliphatic rings. The van der Waals surface area contributed by atoms with Gasteiger partial charge in [-0.1, -0.05) is 0 Å². The van der Waals surface area contributed by atoms with E-state index in [-0.39, 0.29) is 18.7 Å². The molecule has 0 saturated carbocycles. The molecular formula is C7H13NO3. The smallest absolute Gasteiger partial charge is 0.410 e. The maximum Gasteiger partial charge on any atom is 0.410 e. The summed E-state index contributed by atoms with van der Waals surface area (Å²) in [6.07, 6.45) is -0.367. The number of amides is 1. The van der Waals surface area contributed by atoms with Crippen LogP contribution in [0, 0.1) is 0 Å². The Balaban J connectivity index is 2.81. The summed E-state index contributed by atoms with van der Waals surface area (Å²) in [5.74, 6) is 0. The number of aliphatic hydroxyl groups excluding tert-OH is 1. The van der Waals surface area contributed by atoms with Gasteiger partial charge < -0.3 is 14.7 Å². The molecule has 1 heterocycles. The Morgan fingerprint density at radius 3 is 2.45 bits per heavy atom. The van der Waals surface area contributed by atoms with E-state index in [1.807, 2.05) is 0 Å². The van der Waals surface area contributed by atoms with Crippen LogP contribution in [-0.2, 0) is 4.74 Å². The minimum Gasteiger partial charge on any atom is -0.441 e. The molecule has 4 heteroatoms. The van der Waals surface area contributed by atoms with Crippen LogP contribution in [0.1, 0.15) is 13.8 Å². The second-order valence-corrected chi connectivity index (χ2v) is 3.28. The van der Waals surface area contributed by atoms with Crippen LogP contribution < -0.4 is 0 Å². The number of ether oxygens (including phenoxy) is 1. The molecule has 64 valence electrons. The van der Waals surface area contributed by atoms with Crippen molar-refractivity contribution in [3.8, 4) is 0 Å². The molecule has 0 aromatic rings. The van der Waals surface area contributed by atoms with E-state index >= 15 is 0 Å². The van der Waals surface area contributed by atoms with Crippen molar-refractivity contribution < 1.29 is 14.6 Å². The fraction of sp³-hybridized carbons (Fsp3) is 0.857. The van der Waals surface area contributed by atoms with E-state index in [1.165, 1.54) is 4.90 Å². The van der Waals surface area contributed by atoms with Gasteiger partial charge in [-0.3, -0.25) is 0 Å². The predicted octanol–water partition coefficient (Wildman–Crippen LogP) is 0.208. The van der Waals surface area contributed by atoms with Gasteiger partial charge in [-0.2, -0.15) is 0 Å². The molecule has 1 aliphatic heterocycles. The number of likely N-dealkylation sites (N-methyl/N-ethyl adjacent to an activating group) is 1. The third-order valence-electron chi connectivity index (χ3n) is 2.08. The second-order valence-electron chi connectivity index (χ2n) is 3.28. The van der Waals surface area contributed by atoms with Crippen LogP contribution >= 0.6 is 0 Å². The Bertz CT molecular complexity index is 179.